The molecule has 1 atom stereocenters. The standard InChI is InChI=1S/C15H24N4O2/c1-10(2)7-18-9-13(6-16-18)19-8-12(5-14(19)20)15(21)17-11(3)4/h6,9-12H,5,7-8H2,1-4H3,(H,17,21)/t12-/m0/s1. The summed E-state index contributed by atoms with van der Waals surface area (Å²) in [7, 11) is 0. The second-order valence-electron chi connectivity index (χ2n) is 6.38. The highest BCUT2D eigenvalue weighted by Gasteiger charge is 2.35. The van der Waals surface area contributed by atoms with Gasteiger partial charge in [-0.1, -0.05) is 13.8 Å². The molecule has 1 aliphatic rings. The van der Waals surface area contributed by atoms with Crippen molar-refractivity contribution in [3.8, 4) is 0 Å². The molecular formula is C15H24N4O2. The fourth-order valence-corrected chi connectivity index (χ4v) is 2.50. The Morgan fingerprint density at radius 1 is 1.43 bits per heavy atom. The van der Waals surface area contributed by atoms with Crippen molar-refractivity contribution in [2.75, 3.05) is 11.4 Å². The first-order chi connectivity index (χ1) is 9.86. The Labute approximate surface area is 125 Å². The van der Waals surface area contributed by atoms with Gasteiger partial charge in [0.2, 0.25) is 11.8 Å². The van der Waals surface area contributed by atoms with E-state index in [9.17, 15) is 9.59 Å². The van der Waals surface area contributed by atoms with Crippen molar-refractivity contribution in [2.45, 2.75) is 46.7 Å². The molecule has 2 amide bonds. The molecule has 0 radical (unpaired) electrons. The van der Waals surface area contributed by atoms with Gasteiger partial charge in [0.25, 0.3) is 0 Å². The number of nitrogens with one attached hydrogen (secondary N) is 1. The largest absolute Gasteiger partial charge is 0.354 e. The van der Waals surface area contributed by atoms with E-state index in [2.05, 4.69) is 24.3 Å². The van der Waals surface area contributed by atoms with E-state index in [4.69, 9.17) is 0 Å². The van der Waals surface area contributed by atoms with E-state index in [0.29, 0.717) is 12.5 Å². The molecule has 1 aromatic rings. The van der Waals surface area contributed by atoms with Crippen LogP contribution in [0.5, 0.6) is 0 Å². The van der Waals surface area contributed by atoms with E-state index in [-0.39, 0.29) is 30.2 Å². The molecule has 0 unspecified atom stereocenters. The molecule has 6 nitrogen and oxygen atoms in total. The number of amides is 2. The number of anilines is 1. The zero-order valence-electron chi connectivity index (χ0n) is 13.2. The summed E-state index contributed by atoms with van der Waals surface area (Å²) in [6, 6.07) is 0.0930. The van der Waals surface area contributed by atoms with Gasteiger partial charge < -0.3 is 10.2 Å². The summed E-state index contributed by atoms with van der Waals surface area (Å²) in [6.45, 7) is 9.33. The maximum absolute atomic E-state index is 12.1. The summed E-state index contributed by atoms with van der Waals surface area (Å²) in [5.74, 6) is 0.170. The lowest BCUT2D eigenvalue weighted by Crippen LogP contribution is -2.36. The Kier molecular flexibility index (Phi) is 4.65. The van der Waals surface area contributed by atoms with Crippen LogP contribution in [0.25, 0.3) is 0 Å². The Hall–Kier alpha value is -1.85. The molecule has 1 saturated heterocycles. The van der Waals surface area contributed by atoms with Gasteiger partial charge in [0, 0.05) is 31.7 Å². The quantitative estimate of drug-likeness (QED) is 0.892. The molecule has 0 spiro atoms. The number of nitrogens with zero attached hydrogens (tertiary/aromatic N) is 3. The Morgan fingerprint density at radius 3 is 2.76 bits per heavy atom. The molecule has 0 aliphatic carbocycles. The third-order valence-corrected chi connectivity index (χ3v) is 3.41. The first kappa shape index (κ1) is 15.5. The molecular weight excluding hydrogens is 268 g/mol. The van der Waals surface area contributed by atoms with Gasteiger partial charge in [-0.2, -0.15) is 5.10 Å². The van der Waals surface area contributed by atoms with Gasteiger partial charge in [-0.15, -0.1) is 0 Å². The molecule has 0 saturated carbocycles. The van der Waals surface area contributed by atoms with Gasteiger partial charge in [0.05, 0.1) is 17.8 Å². The maximum atomic E-state index is 12.1. The molecule has 6 heteroatoms. The highest BCUT2D eigenvalue weighted by Crippen LogP contribution is 2.25. The summed E-state index contributed by atoms with van der Waals surface area (Å²) in [4.78, 5) is 25.8. The second kappa shape index (κ2) is 6.28. The third-order valence-electron chi connectivity index (χ3n) is 3.41. The summed E-state index contributed by atoms with van der Waals surface area (Å²) in [5, 5.41) is 7.15. The molecule has 0 bridgehead atoms. The van der Waals surface area contributed by atoms with E-state index >= 15 is 0 Å². The van der Waals surface area contributed by atoms with Gasteiger partial charge in [0.15, 0.2) is 0 Å². The zero-order valence-corrected chi connectivity index (χ0v) is 13.2. The van der Waals surface area contributed by atoms with Gasteiger partial charge in [-0.3, -0.25) is 14.3 Å². The highest BCUT2D eigenvalue weighted by molar-refractivity contribution is 6.00. The average Bonchev–Trinajstić information content (AvgIpc) is 2.94. The molecule has 1 N–H and O–H groups in total. The van der Waals surface area contributed by atoms with Crippen LogP contribution >= 0.6 is 0 Å². The number of carbonyl (C=O) groups excluding carboxylic acids is 2. The highest BCUT2D eigenvalue weighted by atomic mass is 16.2. The first-order valence-electron chi connectivity index (χ1n) is 7.50. The fourth-order valence-electron chi connectivity index (χ4n) is 2.50. The van der Waals surface area contributed by atoms with Crippen molar-refractivity contribution in [3.05, 3.63) is 12.4 Å². The minimum Gasteiger partial charge on any atom is -0.354 e. The van der Waals surface area contributed by atoms with Crippen LogP contribution in [0, 0.1) is 11.8 Å². The van der Waals surface area contributed by atoms with Crippen molar-refractivity contribution in [2.24, 2.45) is 11.8 Å². The van der Waals surface area contributed by atoms with E-state index in [1.54, 1.807) is 11.1 Å². The summed E-state index contributed by atoms with van der Waals surface area (Å²) in [6.07, 6.45) is 3.84. The van der Waals surface area contributed by atoms with Gasteiger partial charge in [0.1, 0.15) is 0 Å². The maximum Gasteiger partial charge on any atom is 0.227 e. The van der Waals surface area contributed by atoms with Crippen LogP contribution in [0.3, 0.4) is 0 Å². The number of hydrogen-bond donors (Lipinski definition) is 1. The predicted molar refractivity (Wildman–Crippen MR) is 80.8 cm³/mol. The Morgan fingerprint density at radius 2 is 2.14 bits per heavy atom. The molecule has 116 valence electrons. The lowest BCUT2D eigenvalue weighted by atomic mass is 10.1. The minimum atomic E-state index is -0.270. The lowest BCUT2D eigenvalue weighted by molar-refractivity contribution is -0.126. The second-order valence-corrected chi connectivity index (χ2v) is 6.38. The topological polar surface area (TPSA) is 67.2 Å². The minimum absolute atomic E-state index is 0.0111. The van der Waals surface area contributed by atoms with E-state index in [1.807, 2.05) is 24.7 Å². The third kappa shape index (κ3) is 3.83. The van der Waals surface area contributed by atoms with Gasteiger partial charge in [-0.05, 0) is 19.8 Å². The van der Waals surface area contributed by atoms with Crippen molar-refractivity contribution >= 4 is 17.5 Å². The van der Waals surface area contributed by atoms with E-state index < -0.39 is 0 Å². The Balaban J connectivity index is 2.03. The average molecular weight is 292 g/mol. The summed E-state index contributed by atoms with van der Waals surface area (Å²) < 4.78 is 1.84. The van der Waals surface area contributed by atoms with Crippen LogP contribution in [-0.4, -0.2) is 34.2 Å². The zero-order chi connectivity index (χ0) is 15.6. The molecule has 1 aliphatic heterocycles. The molecule has 2 rings (SSSR count). The Bertz CT molecular complexity index is 521. The molecule has 1 aromatic heterocycles. The van der Waals surface area contributed by atoms with Crippen LogP contribution in [0.15, 0.2) is 12.4 Å². The van der Waals surface area contributed by atoms with E-state index in [0.717, 1.165) is 12.2 Å². The van der Waals surface area contributed by atoms with Crippen LogP contribution in [-0.2, 0) is 16.1 Å². The molecule has 1 fully saturated rings. The number of aromatic nitrogens is 2. The summed E-state index contributed by atoms with van der Waals surface area (Å²) in [5.41, 5.74) is 0.778. The molecule has 0 aromatic carbocycles. The SMILES string of the molecule is CC(C)Cn1cc(N2C[C@@H](C(=O)NC(C)C)CC2=O)cn1. The van der Waals surface area contributed by atoms with Crippen LogP contribution < -0.4 is 10.2 Å². The van der Waals surface area contributed by atoms with E-state index in [1.165, 1.54) is 0 Å². The van der Waals surface area contributed by atoms with Gasteiger partial charge >= 0.3 is 0 Å². The fraction of sp³-hybridized carbons (Fsp3) is 0.667. The monoisotopic (exact) mass is 292 g/mol. The predicted octanol–water partition coefficient (Wildman–Crippen LogP) is 1.42. The van der Waals surface area contributed by atoms with Crippen LogP contribution in [0.1, 0.15) is 34.1 Å². The summed E-state index contributed by atoms with van der Waals surface area (Å²) >= 11 is 0. The van der Waals surface area contributed by atoms with Crippen molar-refractivity contribution in [1.82, 2.24) is 15.1 Å². The molecule has 21 heavy (non-hydrogen) atoms. The van der Waals surface area contributed by atoms with Crippen LogP contribution in [0.4, 0.5) is 5.69 Å². The van der Waals surface area contributed by atoms with Crippen LogP contribution in [0.2, 0.25) is 0 Å². The van der Waals surface area contributed by atoms with Crippen molar-refractivity contribution in [3.63, 3.8) is 0 Å². The number of rotatable bonds is 5. The van der Waals surface area contributed by atoms with Crippen molar-refractivity contribution in [1.29, 1.82) is 0 Å². The van der Waals surface area contributed by atoms with Gasteiger partial charge in [-0.25, -0.2) is 0 Å². The first-order valence-corrected chi connectivity index (χ1v) is 7.50. The lowest BCUT2D eigenvalue weighted by Gasteiger charge is -2.15. The van der Waals surface area contributed by atoms with Crippen molar-refractivity contribution < 1.29 is 9.59 Å². The smallest absolute Gasteiger partial charge is 0.227 e. The number of carbonyl (C=O) groups is 2. The number of hydrogen-bond acceptors (Lipinski definition) is 3. The molecule has 2 heterocycles. The normalized spacial score (nSPS) is 18.9.